The van der Waals surface area contributed by atoms with Crippen molar-refractivity contribution >= 4 is 107 Å². The van der Waals surface area contributed by atoms with E-state index in [0.29, 0.717) is 16.8 Å². The van der Waals surface area contributed by atoms with E-state index >= 15 is 0 Å². The van der Waals surface area contributed by atoms with Crippen LogP contribution >= 0.6 is 24.4 Å². The highest BCUT2D eigenvalue weighted by Crippen LogP contribution is 2.03. The monoisotopic (exact) mass is 1360 g/mol. The lowest BCUT2D eigenvalue weighted by atomic mass is 10.1. The quantitative estimate of drug-likeness (QED) is 0.0247. The number of aliphatic carboxylic acids is 1. The van der Waals surface area contributed by atoms with E-state index in [1.165, 1.54) is 30.6 Å². The molecule has 4 aliphatic rings. The number of carbonyl (C=O) groups is 13. The number of urea groups is 3. The molecule has 0 aliphatic carbocycles. The molecule has 3 unspecified atom stereocenters. The number of aromatic amines is 10. The molecule has 0 saturated carbocycles. The van der Waals surface area contributed by atoms with Crippen LogP contribution in [-0.4, -0.2) is 189 Å². The van der Waals surface area contributed by atoms with Crippen LogP contribution in [-0.2, 0) is 43.1 Å². The number of aliphatic hydroxyl groups is 1. The Balaban J connectivity index is 0. The topological polar surface area (TPSA) is 783 Å². The Hall–Kier alpha value is -13.2. The number of carboxylic acids is 3. The molecule has 5 aromatic heterocycles. The summed E-state index contributed by atoms with van der Waals surface area (Å²) >= 11 is 9.28. The molecule has 0 radical (unpaired) electrons. The van der Waals surface area contributed by atoms with Gasteiger partial charge in [-0.3, -0.25) is 98.4 Å². The highest BCUT2D eigenvalue weighted by Gasteiger charge is 2.33. The summed E-state index contributed by atoms with van der Waals surface area (Å²) in [5.74, 6) is -9.84. The number of carbonyl (C=O) groups excluding carboxylic acids is 10. The summed E-state index contributed by atoms with van der Waals surface area (Å²) in [6, 6.07) is 0.608. The maximum atomic E-state index is 11.2. The number of H-pyrrole nitrogens is 10. The van der Waals surface area contributed by atoms with Gasteiger partial charge in [0.05, 0.1) is 18.6 Å². The van der Waals surface area contributed by atoms with Crippen LogP contribution in [0.15, 0.2) is 97.9 Å². The van der Waals surface area contributed by atoms with Crippen LogP contribution in [0.3, 0.4) is 0 Å². The Labute approximate surface area is 518 Å². The van der Waals surface area contributed by atoms with Gasteiger partial charge < -0.3 is 87.6 Å². The van der Waals surface area contributed by atoms with E-state index in [4.69, 9.17) is 37.4 Å². The number of aromatic nitrogens is 10. The number of esters is 1. The molecule has 10 amide bonds. The Bertz CT molecular complexity index is 3990. The summed E-state index contributed by atoms with van der Waals surface area (Å²) in [6.45, 7) is 3.82. The molecule has 93 heavy (non-hydrogen) atoms. The van der Waals surface area contributed by atoms with E-state index in [2.05, 4.69) is 58.7 Å². The zero-order valence-electron chi connectivity index (χ0n) is 46.5. The molecule has 0 bridgehead atoms. The number of barbiturate groups is 1. The number of amides is 10. The number of hydrogen-bond acceptors (Lipinski definition) is 26. The molecule has 0 spiro atoms. The van der Waals surface area contributed by atoms with Gasteiger partial charge in [0.15, 0.2) is 28.3 Å². The highest BCUT2D eigenvalue weighted by molar-refractivity contribution is 7.80. The number of ketones is 1. The zero-order valence-corrected chi connectivity index (χ0v) is 48.2. The minimum atomic E-state index is -1.37. The standard InChI is InChI=1S/C7H10N2O3S.2C5H4N2O4.C5H6N2O4.C5H6N2O3.C5H6N2O2.C4H2N2O4.C4H4N2O2.C4H4N2OS.2H2O/c1-2-12-6(11)4-3-8-7(13)9-5(4)10;2*8-3-2(4(9)10)1-6-5(11)7-3;8-3-1-2(4(9)10)6-5(11)7-3;8-2-3-1-6-5(10)7-4(3)9;1-3-2-4(8)7-5(9)6-3;7-1-2(8)5-4(10)6-3(1)9;2*7-3-1-2-5-4(8)6-3;;/h4H,2-3H2,1H3,(H2,8,9,10,13);2*1H,(H,9,10)(H2,6,7,8,11);2H,1H2,(H,9,10)(H2,6,7,8,11);1-2,4,9H,(H2,6,7,10);2H,1H3,(H2,6,7,8,9);(H2,5,6,8,9,10);2*1-2H,(H2,5,6,7,8);2*1H2. The zero-order chi connectivity index (χ0) is 69.2. The normalized spacial score (nSPS) is 15.2. The minimum Gasteiger partial charge on any atom is -0.480 e. The smallest absolute Gasteiger partial charge is 0.342 e. The van der Waals surface area contributed by atoms with Crippen molar-refractivity contribution in [3.8, 4) is 0 Å². The number of thiocarbonyl (C=S) groups is 1. The Morgan fingerprint density at radius 2 is 1.12 bits per heavy atom. The number of aromatic carboxylic acids is 2. The van der Waals surface area contributed by atoms with E-state index in [1.54, 1.807) is 34.4 Å². The fourth-order valence-corrected chi connectivity index (χ4v) is 5.60. The second kappa shape index (κ2) is 41.1. The number of aliphatic hydroxyl groups excluding tert-OH is 1. The third kappa shape index (κ3) is 32.4. The number of Topliss-reactive ketones (excluding diaryl/α,β-unsaturated/α-hetero) is 1. The van der Waals surface area contributed by atoms with Crippen LogP contribution in [0, 0.1) is 17.6 Å². The number of carboxylic acid groups (broad SMARTS) is 3. The molecule has 0 aromatic carbocycles. The van der Waals surface area contributed by atoms with Crippen molar-refractivity contribution in [1.82, 2.24) is 92.4 Å². The van der Waals surface area contributed by atoms with Crippen LogP contribution in [0.5, 0.6) is 0 Å². The highest BCUT2D eigenvalue weighted by atomic mass is 32.1. The maximum Gasteiger partial charge on any atom is 0.342 e. The average Bonchev–Trinajstić information content (AvgIpc) is 1.45. The number of ether oxygens (including phenoxy) is 1. The first kappa shape index (κ1) is 81.9. The second-order valence-electron chi connectivity index (χ2n) is 15.9. The van der Waals surface area contributed by atoms with Crippen molar-refractivity contribution in [3.05, 3.63) is 170 Å². The second-order valence-corrected chi connectivity index (χ2v) is 16.7. The number of hydrogen-bond donors (Lipinski definition) is 22. The van der Waals surface area contributed by atoms with Gasteiger partial charge in [-0.2, -0.15) is 0 Å². The molecule has 9 heterocycles. The molecular formula is C44H50N18O29S2. The van der Waals surface area contributed by atoms with E-state index in [1.807, 2.05) is 25.3 Å². The van der Waals surface area contributed by atoms with Gasteiger partial charge in [-0.05, 0) is 38.3 Å². The van der Waals surface area contributed by atoms with Gasteiger partial charge in [0.1, 0.15) is 17.2 Å². The number of rotatable bonds is 6. The Morgan fingerprint density at radius 3 is 1.49 bits per heavy atom. The predicted molar refractivity (Wildman–Crippen MR) is 309 cm³/mol. The van der Waals surface area contributed by atoms with Gasteiger partial charge in [0.2, 0.25) is 11.8 Å². The molecule has 5 aromatic rings. The molecule has 3 fully saturated rings. The Kier molecular flexibility index (Phi) is 36.2. The largest absolute Gasteiger partial charge is 0.480 e. The van der Waals surface area contributed by atoms with Crippen LogP contribution < -0.4 is 93.1 Å². The van der Waals surface area contributed by atoms with E-state index in [0.717, 1.165) is 18.6 Å². The lowest BCUT2D eigenvalue weighted by molar-refractivity contribution is -0.152. The molecule has 26 N–H and O–H groups in total. The maximum absolute atomic E-state index is 11.2. The van der Waals surface area contributed by atoms with Gasteiger partial charge >= 0.3 is 82.3 Å². The average molecular weight is 1360 g/mol. The molecule has 4 aliphatic heterocycles. The van der Waals surface area contributed by atoms with Crippen molar-refractivity contribution in [2.24, 2.45) is 5.92 Å². The third-order valence-corrected chi connectivity index (χ3v) is 9.63. The number of aryl methyl sites for hydroxylation is 1. The third-order valence-electron chi connectivity index (χ3n) is 9.16. The van der Waals surface area contributed by atoms with Gasteiger partial charge in [0.25, 0.3) is 27.8 Å². The summed E-state index contributed by atoms with van der Waals surface area (Å²) < 4.78 is 5.06. The molecule has 9 rings (SSSR count). The fourth-order valence-electron chi connectivity index (χ4n) is 5.24. The molecular weight excluding hydrogens is 1310 g/mol. The summed E-state index contributed by atoms with van der Waals surface area (Å²) in [5.41, 5.74) is -5.38. The predicted octanol–water partition coefficient (Wildman–Crippen LogP) is -10.8. The van der Waals surface area contributed by atoms with Crippen LogP contribution in [0.25, 0.3) is 0 Å². The molecule has 49 heteroatoms. The van der Waals surface area contributed by atoms with Crippen LogP contribution in [0.2, 0.25) is 0 Å². The van der Waals surface area contributed by atoms with Crippen molar-refractivity contribution in [1.29, 1.82) is 0 Å². The summed E-state index contributed by atoms with van der Waals surface area (Å²) in [5, 5.41) is 50.7. The van der Waals surface area contributed by atoms with Crippen molar-refractivity contribution in [3.63, 3.8) is 0 Å². The number of aldehydes is 1. The van der Waals surface area contributed by atoms with Crippen LogP contribution in [0.1, 0.15) is 39.8 Å². The van der Waals surface area contributed by atoms with Crippen molar-refractivity contribution in [2.75, 3.05) is 13.2 Å². The van der Waals surface area contributed by atoms with Crippen molar-refractivity contribution < 1.29 is 98.4 Å². The van der Waals surface area contributed by atoms with Gasteiger partial charge in [-0.15, -0.1) is 0 Å². The number of nitrogens with one attached hydrogen (secondary N) is 18. The first-order valence-corrected chi connectivity index (χ1v) is 24.6. The van der Waals surface area contributed by atoms with Gasteiger partial charge in [-0.1, -0.05) is 0 Å². The van der Waals surface area contributed by atoms with E-state index in [9.17, 15) is 105 Å². The molecule has 502 valence electrons. The summed E-state index contributed by atoms with van der Waals surface area (Å²) in [7, 11) is 0. The van der Waals surface area contributed by atoms with E-state index < -0.39 is 135 Å². The molecule has 3 saturated heterocycles. The van der Waals surface area contributed by atoms with Gasteiger partial charge in [-0.25, -0.2) is 47.9 Å². The first-order chi connectivity index (χ1) is 42.6. The first-order valence-electron chi connectivity index (χ1n) is 23.7. The SMILES string of the molecule is CCOC(=O)C1CNC(=S)NC1=O.Cc1cc(=O)[nH]c(=O)[nH]1.O.O.O=C(O)c1c[nH]c(=O)[nH]c1=O.O=C(O)c1c[nH]c(=O)[nH]c1=O.O=C1CC(C(=O)O)NC(=O)N1.O=C1NC(=O)C(=O)C(=O)N1.O=CC1=CNC(=O)NC1O.O=c1cc[nH]c(=O)[nH]1.O=c1cc[nH]c(=S)[nH]1. The van der Waals surface area contributed by atoms with Crippen LogP contribution in [0.4, 0.5) is 14.4 Å². The molecule has 47 nitrogen and oxygen atoms in total. The summed E-state index contributed by atoms with van der Waals surface area (Å²) in [4.78, 5) is 250. The lowest BCUT2D eigenvalue weighted by Gasteiger charge is -2.22. The fraction of sp³-hybridized carbons (Fsp3) is 0.182. The minimum absolute atomic E-state index is 0. The number of imide groups is 3. The Morgan fingerprint density at radius 1 is 0.613 bits per heavy atom. The van der Waals surface area contributed by atoms with Crippen molar-refractivity contribution in [2.45, 2.75) is 32.5 Å². The van der Waals surface area contributed by atoms with E-state index in [-0.39, 0.29) is 57.9 Å². The van der Waals surface area contributed by atoms with Gasteiger partial charge in [0, 0.05) is 61.4 Å². The lowest BCUT2D eigenvalue weighted by Crippen LogP contribution is -2.56. The molecule has 3 atom stereocenters. The summed E-state index contributed by atoms with van der Waals surface area (Å²) in [6.07, 6.45) is 4.75.